The second-order valence-electron chi connectivity index (χ2n) is 6.59. The Labute approximate surface area is 171 Å². The van der Waals surface area contributed by atoms with Crippen molar-refractivity contribution < 1.29 is 9.84 Å². The summed E-state index contributed by atoms with van der Waals surface area (Å²) in [5.74, 6) is 1.49. The van der Waals surface area contributed by atoms with Crippen LogP contribution >= 0.6 is 35.6 Å². The van der Waals surface area contributed by atoms with Crippen molar-refractivity contribution in [2.45, 2.75) is 25.4 Å². The first kappa shape index (κ1) is 21.3. The van der Waals surface area contributed by atoms with E-state index in [0.717, 1.165) is 37.1 Å². The Morgan fingerprint density at radius 2 is 1.96 bits per heavy atom. The molecule has 2 unspecified atom stereocenters. The summed E-state index contributed by atoms with van der Waals surface area (Å²) < 4.78 is 5.33. The minimum absolute atomic E-state index is 0. The highest BCUT2D eigenvalue weighted by Crippen LogP contribution is 2.29. The lowest BCUT2D eigenvalue weighted by molar-refractivity contribution is 0.172. The number of hydrogen-bond acceptors (Lipinski definition) is 3. The molecule has 142 valence electrons. The van der Waals surface area contributed by atoms with Crippen molar-refractivity contribution in [3.63, 3.8) is 0 Å². The van der Waals surface area contributed by atoms with Crippen molar-refractivity contribution in [1.82, 2.24) is 5.32 Å². The fourth-order valence-electron chi connectivity index (χ4n) is 3.37. The molecular formula is C20H24Cl3NO2. The van der Waals surface area contributed by atoms with Crippen LogP contribution in [0.2, 0.25) is 10.0 Å². The van der Waals surface area contributed by atoms with Crippen LogP contribution in [0.15, 0.2) is 36.4 Å². The van der Waals surface area contributed by atoms with Gasteiger partial charge in [0.15, 0.2) is 0 Å². The first-order valence-corrected chi connectivity index (χ1v) is 9.32. The van der Waals surface area contributed by atoms with Gasteiger partial charge in [-0.2, -0.15) is 0 Å². The monoisotopic (exact) mass is 415 g/mol. The molecule has 6 heteroatoms. The van der Waals surface area contributed by atoms with Crippen molar-refractivity contribution in [3.8, 4) is 5.75 Å². The molecule has 0 aromatic heterocycles. The number of aliphatic hydroxyl groups is 1. The largest absolute Gasteiger partial charge is 0.497 e. The van der Waals surface area contributed by atoms with Crippen molar-refractivity contribution in [3.05, 3.63) is 63.1 Å². The quantitative estimate of drug-likeness (QED) is 0.707. The van der Waals surface area contributed by atoms with Crippen LogP contribution in [0.3, 0.4) is 0 Å². The van der Waals surface area contributed by atoms with Gasteiger partial charge < -0.3 is 15.2 Å². The van der Waals surface area contributed by atoms with E-state index in [0.29, 0.717) is 22.5 Å². The third-order valence-electron chi connectivity index (χ3n) is 4.84. The number of aliphatic hydroxyl groups excluding tert-OH is 1. The molecule has 2 N–H and O–H groups in total. The summed E-state index contributed by atoms with van der Waals surface area (Å²) >= 11 is 11.9. The predicted octanol–water partition coefficient (Wildman–Crippen LogP) is 4.85. The molecular weight excluding hydrogens is 393 g/mol. The van der Waals surface area contributed by atoms with Crippen LogP contribution in [0.5, 0.6) is 5.75 Å². The molecule has 3 rings (SSSR count). The fraction of sp³-hybridized carbons (Fsp3) is 0.400. The van der Waals surface area contributed by atoms with E-state index in [4.69, 9.17) is 27.9 Å². The van der Waals surface area contributed by atoms with Crippen LogP contribution in [0.25, 0.3) is 0 Å². The molecule has 0 saturated carbocycles. The highest BCUT2D eigenvalue weighted by molar-refractivity contribution is 6.42. The maximum Gasteiger partial charge on any atom is 0.119 e. The molecule has 3 nitrogen and oxygen atoms in total. The van der Waals surface area contributed by atoms with Gasteiger partial charge in [0.2, 0.25) is 0 Å². The normalized spacial score (nSPS) is 17.2. The van der Waals surface area contributed by atoms with E-state index in [1.165, 1.54) is 11.1 Å². The van der Waals surface area contributed by atoms with Crippen molar-refractivity contribution in [1.29, 1.82) is 0 Å². The Morgan fingerprint density at radius 3 is 2.69 bits per heavy atom. The van der Waals surface area contributed by atoms with Crippen LogP contribution in [0, 0.1) is 5.92 Å². The van der Waals surface area contributed by atoms with Crippen LogP contribution in [-0.4, -0.2) is 25.3 Å². The zero-order valence-corrected chi connectivity index (χ0v) is 17.0. The van der Waals surface area contributed by atoms with E-state index in [2.05, 4.69) is 17.4 Å². The predicted molar refractivity (Wildman–Crippen MR) is 110 cm³/mol. The van der Waals surface area contributed by atoms with E-state index in [9.17, 15) is 5.11 Å². The molecule has 0 heterocycles. The molecule has 0 saturated heterocycles. The summed E-state index contributed by atoms with van der Waals surface area (Å²) in [5, 5.41) is 14.7. The molecule has 26 heavy (non-hydrogen) atoms. The highest BCUT2D eigenvalue weighted by Gasteiger charge is 2.19. The molecule has 0 aliphatic heterocycles. The molecule has 2 atom stereocenters. The second kappa shape index (κ2) is 9.82. The molecule has 2 aromatic carbocycles. The lowest BCUT2D eigenvalue weighted by Gasteiger charge is -2.26. The number of methoxy groups -OCH3 is 1. The standard InChI is InChI=1S/C20H23Cl2NO2.ClH/c1-25-17-6-4-14-3-2-13(8-16(14)9-17)11-23-12-20(24)15-5-7-18(21)19(22)10-15;/h4-7,9-10,13,20,23-24H,2-3,8,11-12H2,1H3;1H. The zero-order valence-electron chi connectivity index (χ0n) is 14.7. The van der Waals surface area contributed by atoms with Gasteiger partial charge in [0.25, 0.3) is 0 Å². The number of nitrogens with one attached hydrogen (secondary N) is 1. The van der Waals surface area contributed by atoms with Crippen LogP contribution < -0.4 is 10.1 Å². The number of aryl methyl sites for hydroxylation is 1. The van der Waals surface area contributed by atoms with Crippen LogP contribution in [0.4, 0.5) is 0 Å². The molecule has 0 bridgehead atoms. The van der Waals surface area contributed by atoms with E-state index in [-0.39, 0.29) is 12.4 Å². The molecule has 0 fully saturated rings. The van der Waals surface area contributed by atoms with E-state index >= 15 is 0 Å². The third kappa shape index (κ3) is 5.28. The summed E-state index contributed by atoms with van der Waals surface area (Å²) in [5.41, 5.74) is 3.58. The number of hydrogen-bond donors (Lipinski definition) is 2. The lowest BCUT2D eigenvalue weighted by atomic mass is 9.83. The summed E-state index contributed by atoms with van der Waals surface area (Å²) in [7, 11) is 1.70. The Morgan fingerprint density at radius 1 is 1.15 bits per heavy atom. The molecule has 1 aliphatic carbocycles. The minimum atomic E-state index is -0.592. The molecule has 2 aromatic rings. The first-order valence-electron chi connectivity index (χ1n) is 8.56. The topological polar surface area (TPSA) is 41.5 Å². The maximum absolute atomic E-state index is 10.3. The first-order chi connectivity index (χ1) is 12.1. The van der Waals surface area contributed by atoms with E-state index in [1.54, 1.807) is 19.2 Å². The van der Waals surface area contributed by atoms with Crippen molar-refractivity contribution >= 4 is 35.6 Å². The highest BCUT2D eigenvalue weighted by atomic mass is 35.5. The smallest absolute Gasteiger partial charge is 0.119 e. The number of benzene rings is 2. The third-order valence-corrected chi connectivity index (χ3v) is 5.58. The Bertz CT molecular complexity index is 739. The van der Waals surface area contributed by atoms with Gasteiger partial charge in [0.05, 0.1) is 23.3 Å². The fourth-order valence-corrected chi connectivity index (χ4v) is 3.68. The Balaban J connectivity index is 0.00000243. The van der Waals surface area contributed by atoms with Crippen molar-refractivity contribution in [2.75, 3.05) is 20.2 Å². The molecule has 0 radical (unpaired) electrons. The van der Waals surface area contributed by atoms with Gasteiger partial charge in [-0.1, -0.05) is 35.3 Å². The average Bonchev–Trinajstić information content (AvgIpc) is 2.63. The summed E-state index contributed by atoms with van der Waals surface area (Å²) in [6.07, 6.45) is 2.71. The van der Waals surface area contributed by atoms with Gasteiger partial charge in [-0.15, -0.1) is 12.4 Å². The summed E-state index contributed by atoms with van der Waals surface area (Å²) in [4.78, 5) is 0. The Kier molecular flexibility index (Phi) is 8.05. The maximum atomic E-state index is 10.3. The van der Waals surface area contributed by atoms with Gasteiger partial charge in [-0.05, 0) is 72.7 Å². The number of rotatable bonds is 6. The van der Waals surface area contributed by atoms with Gasteiger partial charge in [-0.25, -0.2) is 0 Å². The summed E-state index contributed by atoms with van der Waals surface area (Å²) in [6.45, 7) is 1.38. The SMILES string of the molecule is COc1ccc2c(c1)CC(CNCC(O)c1ccc(Cl)c(Cl)c1)CC2.Cl. The molecule has 0 spiro atoms. The number of fused-ring (bicyclic) bond motifs is 1. The molecule has 1 aliphatic rings. The average molecular weight is 417 g/mol. The van der Waals surface area contributed by atoms with Crippen LogP contribution in [0.1, 0.15) is 29.2 Å². The van der Waals surface area contributed by atoms with Gasteiger partial charge in [0.1, 0.15) is 5.75 Å². The second-order valence-corrected chi connectivity index (χ2v) is 7.41. The zero-order chi connectivity index (χ0) is 17.8. The van der Waals surface area contributed by atoms with E-state index < -0.39 is 6.10 Å². The number of halogens is 3. The number of ether oxygens (including phenoxy) is 1. The van der Waals surface area contributed by atoms with E-state index in [1.807, 2.05) is 12.1 Å². The molecule has 0 amide bonds. The Hall–Kier alpha value is -0.970. The summed E-state index contributed by atoms with van der Waals surface area (Å²) in [6, 6.07) is 11.6. The minimum Gasteiger partial charge on any atom is -0.497 e. The van der Waals surface area contributed by atoms with Gasteiger partial charge in [-0.3, -0.25) is 0 Å². The lowest BCUT2D eigenvalue weighted by Crippen LogP contribution is -2.30. The van der Waals surface area contributed by atoms with Gasteiger partial charge >= 0.3 is 0 Å². The van der Waals surface area contributed by atoms with Crippen molar-refractivity contribution in [2.24, 2.45) is 5.92 Å². The van der Waals surface area contributed by atoms with Gasteiger partial charge in [0, 0.05) is 6.54 Å². The van der Waals surface area contributed by atoms with Crippen LogP contribution in [-0.2, 0) is 12.8 Å².